The van der Waals surface area contributed by atoms with Crippen LogP contribution in [-0.4, -0.2) is 48.5 Å². The summed E-state index contributed by atoms with van der Waals surface area (Å²) in [4.78, 5) is 13.1. The quantitative estimate of drug-likeness (QED) is 0.931. The van der Waals surface area contributed by atoms with Gasteiger partial charge in [0.05, 0.1) is 13.2 Å². The zero-order chi connectivity index (χ0) is 14.8. The van der Waals surface area contributed by atoms with Crippen molar-refractivity contribution in [3.05, 3.63) is 30.0 Å². The zero-order valence-electron chi connectivity index (χ0n) is 11.7. The number of furan rings is 1. The van der Waals surface area contributed by atoms with Crippen molar-refractivity contribution in [2.75, 3.05) is 26.3 Å². The standard InChI is InChI=1S/C15H17NO5/c1-10(16-4-6-19-7-5-16)20-12-2-3-13-11(8-12)9-14(21-13)15(17)18/h2-3,8-10H,4-7H2,1H3,(H,17,18). The van der Waals surface area contributed by atoms with Crippen LogP contribution in [0.2, 0.25) is 0 Å². The molecule has 0 spiro atoms. The van der Waals surface area contributed by atoms with Gasteiger partial charge in [-0.25, -0.2) is 4.79 Å². The molecular weight excluding hydrogens is 274 g/mol. The number of ether oxygens (including phenoxy) is 2. The molecule has 6 nitrogen and oxygen atoms in total. The molecule has 21 heavy (non-hydrogen) atoms. The van der Waals surface area contributed by atoms with Crippen LogP contribution in [0.1, 0.15) is 17.5 Å². The average Bonchev–Trinajstić information content (AvgIpc) is 2.91. The Bertz CT molecular complexity index is 645. The van der Waals surface area contributed by atoms with Gasteiger partial charge < -0.3 is 19.0 Å². The smallest absolute Gasteiger partial charge is 0.371 e. The molecule has 1 aliphatic heterocycles. The second kappa shape index (κ2) is 5.75. The van der Waals surface area contributed by atoms with Gasteiger partial charge in [-0.1, -0.05) is 0 Å². The molecule has 0 bridgehead atoms. The summed E-state index contributed by atoms with van der Waals surface area (Å²) in [5, 5.41) is 9.65. The Kier molecular flexibility index (Phi) is 3.81. The Hall–Kier alpha value is -2.05. The van der Waals surface area contributed by atoms with Gasteiger partial charge in [0.2, 0.25) is 5.76 Å². The molecule has 0 aliphatic carbocycles. The Morgan fingerprint density at radius 2 is 2.10 bits per heavy atom. The van der Waals surface area contributed by atoms with E-state index < -0.39 is 5.97 Å². The number of benzene rings is 1. The molecule has 2 heterocycles. The van der Waals surface area contributed by atoms with Gasteiger partial charge >= 0.3 is 5.97 Å². The monoisotopic (exact) mass is 291 g/mol. The molecule has 0 saturated carbocycles. The van der Waals surface area contributed by atoms with Gasteiger partial charge in [-0.3, -0.25) is 4.90 Å². The minimum Gasteiger partial charge on any atom is -0.475 e. The largest absolute Gasteiger partial charge is 0.475 e. The lowest BCUT2D eigenvalue weighted by Crippen LogP contribution is -2.44. The normalized spacial score (nSPS) is 17.8. The summed E-state index contributed by atoms with van der Waals surface area (Å²) in [6, 6.07) is 6.81. The topological polar surface area (TPSA) is 72.1 Å². The van der Waals surface area contributed by atoms with Crippen molar-refractivity contribution in [3.8, 4) is 5.75 Å². The van der Waals surface area contributed by atoms with Gasteiger partial charge in [-0.05, 0) is 31.2 Å². The number of hydrogen-bond acceptors (Lipinski definition) is 5. The first kappa shape index (κ1) is 13.9. The second-order valence-electron chi connectivity index (χ2n) is 4.98. The SMILES string of the molecule is CC(Oc1ccc2oc(C(=O)O)cc2c1)N1CCOCC1. The van der Waals surface area contributed by atoms with Crippen LogP contribution in [0.15, 0.2) is 28.7 Å². The molecule has 112 valence electrons. The minimum absolute atomic E-state index is 0.0582. The van der Waals surface area contributed by atoms with E-state index in [2.05, 4.69) is 4.90 Å². The number of carbonyl (C=O) groups is 1. The maximum Gasteiger partial charge on any atom is 0.371 e. The van der Waals surface area contributed by atoms with E-state index in [9.17, 15) is 4.79 Å². The van der Waals surface area contributed by atoms with Crippen molar-refractivity contribution in [2.24, 2.45) is 0 Å². The van der Waals surface area contributed by atoms with Crippen molar-refractivity contribution < 1.29 is 23.8 Å². The molecule has 6 heteroatoms. The van der Waals surface area contributed by atoms with Gasteiger partial charge in [0.1, 0.15) is 17.6 Å². The number of aromatic carboxylic acids is 1. The number of hydrogen-bond donors (Lipinski definition) is 1. The number of carboxylic acid groups (broad SMARTS) is 1. The minimum atomic E-state index is -1.07. The molecule has 0 amide bonds. The molecule has 1 aromatic carbocycles. The van der Waals surface area contributed by atoms with E-state index in [0.29, 0.717) is 11.3 Å². The number of nitrogens with zero attached hydrogens (tertiary/aromatic N) is 1. The van der Waals surface area contributed by atoms with Crippen LogP contribution in [0.25, 0.3) is 11.0 Å². The van der Waals surface area contributed by atoms with Crippen molar-refractivity contribution in [1.29, 1.82) is 0 Å². The lowest BCUT2D eigenvalue weighted by atomic mass is 10.2. The van der Waals surface area contributed by atoms with Crippen molar-refractivity contribution in [1.82, 2.24) is 4.90 Å². The van der Waals surface area contributed by atoms with Gasteiger partial charge in [0.15, 0.2) is 0 Å². The van der Waals surface area contributed by atoms with Crippen LogP contribution in [-0.2, 0) is 4.74 Å². The van der Waals surface area contributed by atoms with Gasteiger partial charge in [-0.2, -0.15) is 0 Å². The number of rotatable bonds is 4. The molecule has 1 N–H and O–H groups in total. The molecular formula is C15H17NO5. The Morgan fingerprint density at radius 1 is 1.33 bits per heavy atom. The van der Waals surface area contributed by atoms with Gasteiger partial charge in [0, 0.05) is 18.5 Å². The highest BCUT2D eigenvalue weighted by Gasteiger charge is 2.18. The fourth-order valence-corrected chi connectivity index (χ4v) is 2.41. The van der Waals surface area contributed by atoms with Gasteiger partial charge in [-0.15, -0.1) is 0 Å². The molecule has 1 saturated heterocycles. The molecule has 1 aromatic heterocycles. The summed E-state index contributed by atoms with van der Waals surface area (Å²) in [6.07, 6.45) is -0.0582. The van der Waals surface area contributed by atoms with E-state index in [4.69, 9.17) is 19.0 Å². The highest BCUT2D eigenvalue weighted by molar-refractivity contribution is 5.91. The van der Waals surface area contributed by atoms with E-state index in [1.54, 1.807) is 18.2 Å². The lowest BCUT2D eigenvalue weighted by Gasteiger charge is -2.32. The highest BCUT2D eigenvalue weighted by atomic mass is 16.5. The predicted molar refractivity (Wildman–Crippen MR) is 75.7 cm³/mol. The van der Waals surface area contributed by atoms with E-state index in [1.165, 1.54) is 6.07 Å². The van der Waals surface area contributed by atoms with Crippen LogP contribution >= 0.6 is 0 Å². The zero-order valence-corrected chi connectivity index (χ0v) is 11.7. The van der Waals surface area contributed by atoms with Crippen LogP contribution < -0.4 is 4.74 Å². The summed E-state index contributed by atoms with van der Waals surface area (Å²) in [5.41, 5.74) is 0.541. The Balaban J connectivity index is 1.75. The maximum absolute atomic E-state index is 10.9. The fourth-order valence-electron chi connectivity index (χ4n) is 2.41. The molecule has 1 unspecified atom stereocenters. The van der Waals surface area contributed by atoms with Crippen molar-refractivity contribution >= 4 is 16.9 Å². The summed E-state index contributed by atoms with van der Waals surface area (Å²) < 4.78 is 16.5. The van der Waals surface area contributed by atoms with Gasteiger partial charge in [0.25, 0.3) is 0 Å². The Labute approximate surface area is 121 Å². The first-order valence-electron chi connectivity index (χ1n) is 6.89. The molecule has 1 fully saturated rings. The maximum atomic E-state index is 10.9. The molecule has 0 radical (unpaired) electrons. The van der Waals surface area contributed by atoms with Crippen LogP contribution in [0.3, 0.4) is 0 Å². The third kappa shape index (κ3) is 3.01. The summed E-state index contributed by atoms with van der Waals surface area (Å²) in [5.74, 6) is -0.446. The van der Waals surface area contributed by atoms with Crippen LogP contribution in [0.4, 0.5) is 0 Å². The average molecular weight is 291 g/mol. The predicted octanol–water partition coefficient (Wildman–Crippen LogP) is 2.19. The van der Waals surface area contributed by atoms with E-state index in [1.807, 2.05) is 6.92 Å². The lowest BCUT2D eigenvalue weighted by molar-refractivity contribution is -0.0372. The van der Waals surface area contributed by atoms with Crippen molar-refractivity contribution in [3.63, 3.8) is 0 Å². The van der Waals surface area contributed by atoms with Crippen molar-refractivity contribution in [2.45, 2.75) is 13.2 Å². The Morgan fingerprint density at radius 3 is 2.81 bits per heavy atom. The fraction of sp³-hybridized carbons (Fsp3) is 0.400. The first-order chi connectivity index (χ1) is 10.1. The molecule has 1 aliphatic rings. The molecule has 2 aromatic rings. The van der Waals surface area contributed by atoms with Crippen LogP contribution in [0, 0.1) is 0 Å². The summed E-state index contributed by atoms with van der Waals surface area (Å²) in [7, 11) is 0. The third-order valence-electron chi connectivity index (χ3n) is 3.57. The first-order valence-corrected chi connectivity index (χ1v) is 6.89. The number of carboxylic acids is 1. The number of fused-ring (bicyclic) bond motifs is 1. The van der Waals surface area contributed by atoms with E-state index >= 15 is 0 Å². The molecule has 1 atom stereocenters. The van der Waals surface area contributed by atoms with E-state index in [0.717, 1.165) is 31.7 Å². The highest BCUT2D eigenvalue weighted by Crippen LogP contribution is 2.25. The summed E-state index contributed by atoms with van der Waals surface area (Å²) in [6.45, 7) is 5.12. The van der Waals surface area contributed by atoms with E-state index in [-0.39, 0.29) is 12.0 Å². The number of morpholine rings is 1. The second-order valence-corrected chi connectivity index (χ2v) is 4.98. The van der Waals surface area contributed by atoms with Crippen LogP contribution in [0.5, 0.6) is 5.75 Å². The summed E-state index contributed by atoms with van der Waals surface area (Å²) >= 11 is 0. The third-order valence-corrected chi connectivity index (χ3v) is 3.57. The molecule has 3 rings (SSSR count).